The molecule has 0 saturated heterocycles. The number of aliphatic carboxylic acids is 1. The fourth-order valence-electron chi connectivity index (χ4n) is 3.39. The normalized spacial score (nSPS) is 14.7. The summed E-state index contributed by atoms with van der Waals surface area (Å²) in [6.07, 6.45) is -4.29. The van der Waals surface area contributed by atoms with E-state index in [-0.39, 0.29) is 19.8 Å². The van der Waals surface area contributed by atoms with Crippen LogP contribution in [-0.2, 0) is 33.1 Å². The molecule has 0 aromatic heterocycles. The number of nitrogens with one attached hydrogen (secondary N) is 2. The van der Waals surface area contributed by atoms with E-state index in [1.54, 1.807) is 18.2 Å². The minimum atomic E-state index is -2.31. The maximum Gasteiger partial charge on any atom is 0.335 e. The fraction of sp³-hybridized carbons (Fsp3) is 0.440. The number of carbonyl (C=O) groups excluding carboxylic acids is 1. The van der Waals surface area contributed by atoms with Crippen molar-refractivity contribution in [3.63, 3.8) is 0 Å². The molecule has 6 N–H and O–H groups in total. The molecule has 2 aromatic rings. The van der Waals surface area contributed by atoms with E-state index in [4.69, 9.17) is 14.6 Å². The lowest BCUT2D eigenvalue weighted by molar-refractivity contribution is -0.483. The van der Waals surface area contributed by atoms with E-state index in [9.17, 15) is 35.0 Å². The number of aliphatic hydroxyl groups excluding tert-OH is 2. The lowest BCUT2D eigenvalue weighted by atomic mass is 9.93. The van der Waals surface area contributed by atoms with Gasteiger partial charge in [-0.2, -0.15) is 0 Å². The first kappa shape index (κ1) is 30.6. The molecule has 0 aliphatic rings. The Hall–Kier alpha value is -3.62. The summed E-state index contributed by atoms with van der Waals surface area (Å²) in [7, 11) is 0. The van der Waals surface area contributed by atoms with Crippen LogP contribution in [0.1, 0.15) is 37.5 Å². The van der Waals surface area contributed by atoms with Gasteiger partial charge in [-0.3, -0.25) is 25.5 Å². The third-order valence-electron chi connectivity index (χ3n) is 5.55. The Morgan fingerprint density at radius 3 is 2.37 bits per heavy atom. The van der Waals surface area contributed by atoms with E-state index in [2.05, 4.69) is 5.32 Å². The molecule has 0 heterocycles. The van der Waals surface area contributed by atoms with Crippen LogP contribution in [0.25, 0.3) is 0 Å². The molecular weight excluding hydrogens is 502 g/mol. The summed E-state index contributed by atoms with van der Waals surface area (Å²) in [6.45, 7) is 3.12. The van der Waals surface area contributed by atoms with Crippen LogP contribution in [0.15, 0.2) is 48.5 Å². The Kier molecular flexibility index (Phi) is 10.7. The second-order valence-electron chi connectivity index (χ2n) is 9.25. The molecule has 1 amide bonds. The molecule has 0 aliphatic heterocycles. The molecule has 2 aromatic carbocycles. The van der Waals surface area contributed by atoms with E-state index in [1.165, 1.54) is 20.8 Å². The average molecular weight is 536 g/mol. The van der Waals surface area contributed by atoms with Crippen LogP contribution in [0.4, 0.5) is 0 Å². The molecule has 0 saturated carbocycles. The largest absolute Gasteiger partial charge is 0.489 e. The van der Waals surface area contributed by atoms with Crippen molar-refractivity contribution in [2.75, 3.05) is 13.2 Å². The van der Waals surface area contributed by atoms with Gasteiger partial charge in [0.2, 0.25) is 0 Å². The van der Waals surface area contributed by atoms with E-state index < -0.39 is 47.0 Å². The van der Waals surface area contributed by atoms with Crippen molar-refractivity contribution in [1.29, 1.82) is 0 Å². The van der Waals surface area contributed by atoms with Gasteiger partial charge in [-0.15, -0.1) is 0 Å². The van der Waals surface area contributed by atoms with Gasteiger partial charge in [0.1, 0.15) is 18.1 Å². The summed E-state index contributed by atoms with van der Waals surface area (Å²) in [5, 5.41) is 55.3. The Morgan fingerprint density at radius 1 is 1.13 bits per heavy atom. The molecule has 3 atom stereocenters. The van der Waals surface area contributed by atoms with Gasteiger partial charge < -0.3 is 29.9 Å². The van der Waals surface area contributed by atoms with Crippen LogP contribution in [0.3, 0.4) is 0 Å². The van der Waals surface area contributed by atoms with Gasteiger partial charge in [-0.1, -0.05) is 36.4 Å². The zero-order chi connectivity index (χ0) is 28.5. The third-order valence-corrected chi connectivity index (χ3v) is 5.55. The molecule has 2 unspecified atom stereocenters. The number of ether oxygens (including phenoxy) is 2. The SMILES string of the molecule is CC(C)(NC[C@@](C)(O)c1ccc(OCc2ccccc2)c(CO)c1)OC(C(=O)NC[N+](=O)[O-])C(O)C(=O)O. The van der Waals surface area contributed by atoms with Gasteiger partial charge in [0.25, 0.3) is 12.6 Å². The topological polar surface area (TPSA) is 201 Å². The van der Waals surface area contributed by atoms with Crippen molar-refractivity contribution >= 4 is 11.9 Å². The molecule has 13 nitrogen and oxygen atoms in total. The molecule has 0 aliphatic carbocycles. The van der Waals surface area contributed by atoms with Crippen molar-refractivity contribution in [2.45, 2.75) is 57.5 Å². The van der Waals surface area contributed by atoms with Crippen molar-refractivity contribution in [1.82, 2.24) is 10.6 Å². The standard InChI is InChI=1S/C25H33N3O10/c1-24(2,38-21(20(30)23(32)33)22(31)26-15-28(35)36)27-14-25(3,34)18-9-10-19(17(11-18)12-29)37-13-16-7-5-4-6-8-16/h4-11,20-21,27,29-30,34H,12-15H2,1-3H3,(H,26,31)(H,32,33)/t20?,21?,25-/m1/s1. The number of carbonyl (C=O) groups is 2. The highest BCUT2D eigenvalue weighted by atomic mass is 16.6. The van der Waals surface area contributed by atoms with Gasteiger partial charge in [0.05, 0.1) is 12.2 Å². The molecule has 13 heteroatoms. The van der Waals surface area contributed by atoms with Crippen LogP contribution in [-0.4, -0.2) is 68.4 Å². The molecule has 0 bridgehead atoms. The van der Waals surface area contributed by atoms with Gasteiger partial charge in [-0.05, 0) is 44.0 Å². The third kappa shape index (κ3) is 9.04. The molecule has 2 rings (SSSR count). The molecular formula is C25H33N3O10. The van der Waals surface area contributed by atoms with Crippen molar-refractivity contribution in [3.8, 4) is 5.75 Å². The number of nitro groups is 1. The highest BCUT2D eigenvalue weighted by Gasteiger charge is 2.39. The average Bonchev–Trinajstić information content (AvgIpc) is 2.88. The zero-order valence-corrected chi connectivity index (χ0v) is 21.3. The van der Waals surface area contributed by atoms with Gasteiger partial charge in [0, 0.05) is 17.0 Å². The summed E-state index contributed by atoms with van der Waals surface area (Å²) in [5.41, 5.74) is -1.20. The number of carboxylic acids is 1. The number of nitrogens with zero attached hydrogens (tertiary/aromatic N) is 1. The van der Waals surface area contributed by atoms with Crippen LogP contribution in [0.5, 0.6) is 5.75 Å². The monoisotopic (exact) mass is 535 g/mol. The smallest absolute Gasteiger partial charge is 0.335 e. The quantitative estimate of drug-likeness (QED) is 0.105. The van der Waals surface area contributed by atoms with Crippen LogP contribution >= 0.6 is 0 Å². The van der Waals surface area contributed by atoms with E-state index in [1.807, 2.05) is 35.6 Å². The van der Waals surface area contributed by atoms with Crippen LogP contribution in [0, 0.1) is 10.1 Å². The maximum absolute atomic E-state index is 12.3. The first-order valence-electron chi connectivity index (χ1n) is 11.6. The number of hydrogen-bond donors (Lipinski definition) is 6. The van der Waals surface area contributed by atoms with Crippen molar-refractivity contribution < 1.29 is 44.4 Å². The minimum absolute atomic E-state index is 0.165. The first-order chi connectivity index (χ1) is 17.8. The molecule has 208 valence electrons. The second-order valence-corrected chi connectivity index (χ2v) is 9.25. The van der Waals surface area contributed by atoms with Gasteiger partial charge in [0.15, 0.2) is 12.2 Å². The van der Waals surface area contributed by atoms with Crippen LogP contribution < -0.4 is 15.4 Å². The van der Waals surface area contributed by atoms with Crippen molar-refractivity contribution in [2.24, 2.45) is 0 Å². The first-order valence-corrected chi connectivity index (χ1v) is 11.6. The summed E-state index contributed by atoms with van der Waals surface area (Å²) >= 11 is 0. The van der Waals surface area contributed by atoms with E-state index in [0.717, 1.165) is 5.56 Å². The van der Waals surface area contributed by atoms with Gasteiger partial charge in [-0.25, -0.2) is 4.79 Å². The summed E-state index contributed by atoms with van der Waals surface area (Å²) in [6, 6.07) is 14.3. The predicted molar refractivity (Wildman–Crippen MR) is 133 cm³/mol. The zero-order valence-electron chi connectivity index (χ0n) is 21.3. The Balaban J connectivity index is 2.11. The number of benzene rings is 2. The lowest BCUT2D eigenvalue weighted by Gasteiger charge is -2.35. The van der Waals surface area contributed by atoms with Gasteiger partial charge >= 0.3 is 5.97 Å². The summed E-state index contributed by atoms with van der Waals surface area (Å²) in [4.78, 5) is 33.2. The van der Waals surface area contributed by atoms with E-state index >= 15 is 0 Å². The number of amides is 1. The number of rotatable bonds is 15. The Bertz CT molecular complexity index is 1110. The van der Waals surface area contributed by atoms with Crippen LogP contribution in [0.2, 0.25) is 0 Å². The molecule has 38 heavy (non-hydrogen) atoms. The summed E-state index contributed by atoms with van der Waals surface area (Å²) < 4.78 is 11.3. The van der Waals surface area contributed by atoms with E-state index in [0.29, 0.717) is 16.9 Å². The second kappa shape index (κ2) is 13.3. The highest BCUT2D eigenvalue weighted by Crippen LogP contribution is 2.28. The van der Waals surface area contributed by atoms with Crippen molar-refractivity contribution in [3.05, 3.63) is 75.3 Å². The number of hydrogen-bond acceptors (Lipinski definition) is 10. The Labute approximate surface area is 219 Å². The predicted octanol–water partition coefficient (Wildman–Crippen LogP) is 0.472. The lowest BCUT2D eigenvalue weighted by Crippen LogP contribution is -2.56. The molecule has 0 radical (unpaired) electrons. The fourth-order valence-corrected chi connectivity index (χ4v) is 3.39. The Morgan fingerprint density at radius 2 is 1.79 bits per heavy atom. The molecule has 0 fully saturated rings. The minimum Gasteiger partial charge on any atom is -0.489 e. The number of aliphatic hydroxyl groups is 3. The maximum atomic E-state index is 12.3. The molecule has 0 spiro atoms. The summed E-state index contributed by atoms with van der Waals surface area (Å²) in [5.74, 6) is -2.52. The number of carboxylic acid groups (broad SMARTS) is 1. The highest BCUT2D eigenvalue weighted by molar-refractivity contribution is 5.87.